The molecule has 2 aromatic carbocycles. The Morgan fingerprint density at radius 3 is 2.69 bits per heavy atom. The molecule has 6 heteroatoms. The molecule has 2 N–H and O–H groups in total. The van der Waals surface area contributed by atoms with Crippen molar-refractivity contribution in [2.75, 3.05) is 12.1 Å². The van der Waals surface area contributed by atoms with E-state index in [1.807, 2.05) is 12.1 Å². The normalized spacial score (nSPS) is 15.1. The third-order valence-electron chi connectivity index (χ3n) is 4.17. The summed E-state index contributed by atoms with van der Waals surface area (Å²) in [6, 6.07) is 12.7. The van der Waals surface area contributed by atoms with Crippen LogP contribution in [0.15, 0.2) is 48.5 Å². The Hall–Kier alpha value is -3.28. The highest BCUT2D eigenvalue weighted by molar-refractivity contribution is 6.07. The number of hydrogen-bond acceptors (Lipinski definition) is 4. The molecule has 1 aliphatic carbocycles. The summed E-state index contributed by atoms with van der Waals surface area (Å²) in [7, 11) is 0. The Labute approximate surface area is 150 Å². The topological polar surface area (TPSA) is 76.7 Å². The van der Waals surface area contributed by atoms with Crippen molar-refractivity contribution in [3.63, 3.8) is 0 Å². The van der Waals surface area contributed by atoms with Crippen LogP contribution < -0.4 is 20.1 Å². The Bertz CT molecular complexity index is 887. The zero-order valence-corrected chi connectivity index (χ0v) is 14.0. The zero-order chi connectivity index (χ0) is 17.9. The van der Waals surface area contributed by atoms with Crippen LogP contribution in [0, 0.1) is 0 Å². The number of fused-ring (bicyclic) bond motifs is 1. The van der Waals surface area contributed by atoms with Gasteiger partial charge in [0.25, 0.3) is 5.91 Å². The third kappa shape index (κ3) is 3.69. The van der Waals surface area contributed by atoms with Crippen LogP contribution in [-0.4, -0.2) is 24.6 Å². The van der Waals surface area contributed by atoms with Gasteiger partial charge in [0.2, 0.25) is 12.7 Å². The summed E-state index contributed by atoms with van der Waals surface area (Å²) in [5, 5.41) is 5.70. The van der Waals surface area contributed by atoms with Crippen molar-refractivity contribution in [1.29, 1.82) is 0 Å². The Morgan fingerprint density at radius 2 is 1.85 bits per heavy atom. The van der Waals surface area contributed by atoms with E-state index in [-0.39, 0.29) is 24.6 Å². The highest BCUT2D eigenvalue weighted by atomic mass is 16.7. The van der Waals surface area contributed by atoms with E-state index in [1.165, 1.54) is 6.08 Å². The fraction of sp³-hybridized carbons (Fsp3) is 0.200. The molecule has 0 unspecified atom stereocenters. The molecule has 0 bridgehead atoms. The van der Waals surface area contributed by atoms with Crippen LogP contribution in [0.1, 0.15) is 28.8 Å². The molecule has 2 aromatic rings. The van der Waals surface area contributed by atoms with Gasteiger partial charge in [0.15, 0.2) is 11.5 Å². The molecule has 26 heavy (non-hydrogen) atoms. The lowest BCUT2D eigenvalue weighted by atomic mass is 10.1. The van der Waals surface area contributed by atoms with Gasteiger partial charge >= 0.3 is 0 Å². The predicted octanol–water partition coefficient (Wildman–Crippen LogP) is 2.96. The van der Waals surface area contributed by atoms with E-state index in [9.17, 15) is 9.59 Å². The maximum absolute atomic E-state index is 12.3. The second kappa shape index (κ2) is 6.92. The number of nitrogens with one attached hydrogen (secondary N) is 2. The first kappa shape index (κ1) is 16.2. The van der Waals surface area contributed by atoms with E-state index in [4.69, 9.17) is 9.47 Å². The van der Waals surface area contributed by atoms with Gasteiger partial charge in [-0.3, -0.25) is 9.59 Å². The molecule has 2 aliphatic rings. The number of benzene rings is 2. The number of hydrogen-bond donors (Lipinski definition) is 2. The van der Waals surface area contributed by atoms with Gasteiger partial charge in [0, 0.05) is 12.1 Å². The highest BCUT2D eigenvalue weighted by Gasteiger charge is 2.24. The van der Waals surface area contributed by atoms with Crippen LogP contribution >= 0.6 is 0 Å². The molecule has 0 aromatic heterocycles. The lowest BCUT2D eigenvalue weighted by Crippen LogP contribution is -2.26. The van der Waals surface area contributed by atoms with Gasteiger partial charge in [-0.25, -0.2) is 0 Å². The van der Waals surface area contributed by atoms with Crippen molar-refractivity contribution < 1.29 is 19.1 Å². The number of rotatable bonds is 5. The number of carbonyl (C=O) groups is 2. The molecule has 2 amide bonds. The predicted molar refractivity (Wildman–Crippen MR) is 97.2 cm³/mol. The summed E-state index contributed by atoms with van der Waals surface area (Å²) in [4.78, 5) is 24.5. The fourth-order valence-corrected chi connectivity index (χ4v) is 2.64. The first-order chi connectivity index (χ1) is 12.7. The van der Waals surface area contributed by atoms with E-state index in [1.54, 1.807) is 36.4 Å². The smallest absolute Gasteiger partial charge is 0.253 e. The molecule has 6 nitrogen and oxygen atoms in total. The van der Waals surface area contributed by atoms with Crippen LogP contribution in [-0.2, 0) is 4.79 Å². The SMILES string of the molecule is O=C(/C=C/c1ccc2c(c1)OCO2)Nc1ccccc1C(=O)NC1CC1. The lowest BCUT2D eigenvalue weighted by molar-refractivity contribution is -0.111. The molecular weight excluding hydrogens is 332 g/mol. The maximum Gasteiger partial charge on any atom is 0.253 e. The minimum absolute atomic E-state index is 0.164. The summed E-state index contributed by atoms with van der Waals surface area (Å²) in [6.45, 7) is 0.211. The molecule has 1 heterocycles. The highest BCUT2D eigenvalue weighted by Crippen LogP contribution is 2.32. The number of para-hydroxylation sites is 1. The van der Waals surface area contributed by atoms with Gasteiger partial charge in [0.05, 0.1) is 11.3 Å². The molecule has 0 radical (unpaired) electrons. The minimum atomic E-state index is -0.311. The van der Waals surface area contributed by atoms with Crippen molar-refractivity contribution in [1.82, 2.24) is 5.32 Å². The van der Waals surface area contributed by atoms with E-state index < -0.39 is 0 Å². The molecule has 0 saturated heterocycles. The minimum Gasteiger partial charge on any atom is -0.454 e. The zero-order valence-electron chi connectivity index (χ0n) is 14.0. The fourth-order valence-electron chi connectivity index (χ4n) is 2.64. The molecule has 1 fully saturated rings. The Kier molecular flexibility index (Phi) is 4.31. The average molecular weight is 350 g/mol. The second-order valence-electron chi connectivity index (χ2n) is 6.23. The van der Waals surface area contributed by atoms with E-state index in [0.717, 1.165) is 18.4 Å². The first-order valence-corrected chi connectivity index (χ1v) is 8.48. The van der Waals surface area contributed by atoms with Gasteiger partial charge in [-0.05, 0) is 48.7 Å². The van der Waals surface area contributed by atoms with Gasteiger partial charge < -0.3 is 20.1 Å². The van der Waals surface area contributed by atoms with Gasteiger partial charge in [-0.15, -0.1) is 0 Å². The second-order valence-corrected chi connectivity index (χ2v) is 6.23. The van der Waals surface area contributed by atoms with Crippen molar-refractivity contribution in [3.05, 3.63) is 59.7 Å². The van der Waals surface area contributed by atoms with Crippen LogP contribution in [0.5, 0.6) is 11.5 Å². The summed E-state index contributed by atoms with van der Waals surface area (Å²) in [5.74, 6) is 0.884. The van der Waals surface area contributed by atoms with E-state index >= 15 is 0 Å². The number of carbonyl (C=O) groups excluding carboxylic acids is 2. The molecular formula is C20H18N2O4. The average Bonchev–Trinajstić information content (AvgIpc) is 3.33. The number of amides is 2. The molecule has 0 atom stereocenters. The van der Waals surface area contributed by atoms with Crippen LogP contribution in [0.4, 0.5) is 5.69 Å². The number of ether oxygens (including phenoxy) is 2. The largest absolute Gasteiger partial charge is 0.454 e. The van der Waals surface area contributed by atoms with E-state index in [2.05, 4.69) is 10.6 Å². The van der Waals surface area contributed by atoms with Gasteiger partial charge in [0.1, 0.15) is 0 Å². The van der Waals surface area contributed by atoms with E-state index in [0.29, 0.717) is 22.7 Å². The first-order valence-electron chi connectivity index (χ1n) is 8.48. The van der Waals surface area contributed by atoms with Crippen molar-refractivity contribution in [2.45, 2.75) is 18.9 Å². The van der Waals surface area contributed by atoms with Gasteiger partial charge in [-0.2, -0.15) is 0 Å². The molecule has 1 aliphatic heterocycles. The monoisotopic (exact) mass is 350 g/mol. The summed E-state index contributed by atoms with van der Waals surface area (Å²) in [5.41, 5.74) is 1.78. The number of anilines is 1. The molecule has 0 spiro atoms. The molecule has 132 valence electrons. The van der Waals surface area contributed by atoms with Crippen LogP contribution in [0.3, 0.4) is 0 Å². The quantitative estimate of drug-likeness (QED) is 0.813. The summed E-state index contributed by atoms with van der Waals surface area (Å²) in [6.07, 6.45) is 5.13. The van der Waals surface area contributed by atoms with Gasteiger partial charge in [-0.1, -0.05) is 18.2 Å². The summed E-state index contributed by atoms with van der Waals surface area (Å²) < 4.78 is 10.6. The standard InChI is InChI=1S/C20H18N2O4/c23-19(10-6-13-5-9-17-18(11-13)26-12-25-17)22-16-4-2-1-3-15(16)20(24)21-14-7-8-14/h1-6,9-11,14H,7-8,12H2,(H,21,24)(H,22,23)/b10-6+. The lowest BCUT2D eigenvalue weighted by Gasteiger charge is -2.09. The van der Waals surface area contributed by atoms with Crippen molar-refractivity contribution in [3.8, 4) is 11.5 Å². The molecule has 1 saturated carbocycles. The Morgan fingerprint density at radius 1 is 1.04 bits per heavy atom. The maximum atomic E-state index is 12.3. The summed E-state index contributed by atoms with van der Waals surface area (Å²) >= 11 is 0. The third-order valence-corrected chi connectivity index (χ3v) is 4.17. The van der Waals surface area contributed by atoms with Crippen LogP contribution in [0.25, 0.3) is 6.08 Å². The van der Waals surface area contributed by atoms with Crippen LogP contribution in [0.2, 0.25) is 0 Å². The van der Waals surface area contributed by atoms with Crippen molar-refractivity contribution >= 4 is 23.6 Å². The Balaban J connectivity index is 1.44. The molecule has 4 rings (SSSR count). The van der Waals surface area contributed by atoms with Crippen molar-refractivity contribution in [2.24, 2.45) is 0 Å².